The fraction of sp³-hybridized carbons (Fsp3) is 0. The molecule has 0 aliphatic carbocycles. The maximum Gasteiger partial charge on any atom is 0.220 e. The zero-order valence-electron chi connectivity index (χ0n) is 8.47. The number of halogens is 1. The Balaban J connectivity index is 2.21. The van der Waals surface area contributed by atoms with Crippen LogP contribution in [0.1, 0.15) is 11.3 Å². The molecule has 0 aliphatic rings. The van der Waals surface area contributed by atoms with Crippen LogP contribution in [0.25, 0.3) is 12.2 Å². The van der Waals surface area contributed by atoms with Crippen LogP contribution in [0.5, 0.6) is 0 Å². The van der Waals surface area contributed by atoms with Gasteiger partial charge in [-0.2, -0.15) is 0 Å². The molecule has 1 heterocycles. The van der Waals surface area contributed by atoms with E-state index in [1.807, 2.05) is 36.4 Å². The molecule has 1 aromatic heterocycles. The number of anilines is 1. The van der Waals surface area contributed by atoms with E-state index in [-0.39, 0.29) is 5.95 Å². The molecule has 2 aromatic rings. The van der Waals surface area contributed by atoms with Crippen LogP contribution < -0.4 is 5.73 Å². The van der Waals surface area contributed by atoms with E-state index in [4.69, 9.17) is 17.3 Å². The minimum absolute atomic E-state index is 0.272. The van der Waals surface area contributed by atoms with Gasteiger partial charge in [0.15, 0.2) is 0 Å². The van der Waals surface area contributed by atoms with Crippen molar-refractivity contribution in [2.24, 2.45) is 0 Å². The highest BCUT2D eigenvalue weighted by atomic mass is 35.5. The molecule has 80 valence electrons. The molecule has 3 nitrogen and oxygen atoms in total. The van der Waals surface area contributed by atoms with Gasteiger partial charge in [-0.15, -0.1) is 0 Å². The lowest BCUT2D eigenvalue weighted by Gasteiger charge is -1.95. The Morgan fingerprint density at radius 1 is 1.19 bits per heavy atom. The summed E-state index contributed by atoms with van der Waals surface area (Å²) in [6, 6.07) is 9.37. The largest absolute Gasteiger partial charge is 0.368 e. The number of hydrogen-bond donors (Lipinski definition) is 1. The first-order valence-electron chi connectivity index (χ1n) is 4.76. The van der Waals surface area contributed by atoms with Crippen LogP contribution in [0.4, 0.5) is 5.95 Å². The van der Waals surface area contributed by atoms with Crippen LogP contribution in [0.15, 0.2) is 36.5 Å². The van der Waals surface area contributed by atoms with Crippen LogP contribution in [-0.2, 0) is 0 Å². The molecular weight excluding hydrogens is 222 g/mol. The molecule has 0 fully saturated rings. The first-order chi connectivity index (χ1) is 7.74. The second-order valence-electron chi connectivity index (χ2n) is 3.23. The van der Waals surface area contributed by atoms with Gasteiger partial charge in [0.2, 0.25) is 5.95 Å². The molecule has 0 spiro atoms. The third-order valence-electron chi connectivity index (χ3n) is 1.99. The second kappa shape index (κ2) is 4.77. The predicted octanol–water partition coefficient (Wildman–Crippen LogP) is 2.88. The van der Waals surface area contributed by atoms with Crippen molar-refractivity contribution >= 4 is 29.7 Å². The van der Waals surface area contributed by atoms with Gasteiger partial charge in [-0.25, -0.2) is 9.97 Å². The Bertz CT molecular complexity index is 476. The number of nitrogen functional groups attached to an aromatic ring is 1. The van der Waals surface area contributed by atoms with Gasteiger partial charge in [-0.05, 0) is 29.8 Å². The standard InChI is InChI=1S/C12H10ClN3/c13-10-3-1-2-9(8-10)4-5-11-6-7-15-12(14)16-11/h1-8H,(H2,14,15,16). The van der Waals surface area contributed by atoms with E-state index in [1.165, 1.54) is 0 Å². The topological polar surface area (TPSA) is 51.8 Å². The zero-order valence-corrected chi connectivity index (χ0v) is 9.22. The monoisotopic (exact) mass is 231 g/mol. The highest BCUT2D eigenvalue weighted by molar-refractivity contribution is 6.30. The fourth-order valence-electron chi connectivity index (χ4n) is 1.27. The van der Waals surface area contributed by atoms with Gasteiger partial charge in [-0.3, -0.25) is 0 Å². The van der Waals surface area contributed by atoms with E-state index < -0.39 is 0 Å². The Morgan fingerprint density at radius 3 is 2.81 bits per heavy atom. The molecule has 1 aromatic carbocycles. The van der Waals surface area contributed by atoms with Crippen molar-refractivity contribution in [1.29, 1.82) is 0 Å². The Labute approximate surface area is 98.6 Å². The molecule has 16 heavy (non-hydrogen) atoms. The van der Waals surface area contributed by atoms with Crippen molar-refractivity contribution < 1.29 is 0 Å². The lowest BCUT2D eigenvalue weighted by Crippen LogP contribution is -1.94. The van der Waals surface area contributed by atoms with Crippen molar-refractivity contribution in [2.75, 3.05) is 5.73 Å². The summed E-state index contributed by atoms with van der Waals surface area (Å²) < 4.78 is 0. The number of benzene rings is 1. The van der Waals surface area contributed by atoms with Crippen LogP contribution in [0.3, 0.4) is 0 Å². The summed E-state index contributed by atoms with van der Waals surface area (Å²) in [7, 11) is 0. The van der Waals surface area contributed by atoms with Crippen molar-refractivity contribution in [2.45, 2.75) is 0 Å². The van der Waals surface area contributed by atoms with Crippen LogP contribution >= 0.6 is 11.6 Å². The van der Waals surface area contributed by atoms with E-state index in [9.17, 15) is 0 Å². The SMILES string of the molecule is Nc1nccc(C=Cc2cccc(Cl)c2)n1. The summed E-state index contributed by atoms with van der Waals surface area (Å²) in [6.07, 6.45) is 5.41. The van der Waals surface area contributed by atoms with E-state index in [0.717, 1.165) is 11.3 Å². The van der Waals surface area contributed by atoms with Gasteiger partial charge in [-0.1, -0.05) is 29.8 Å². The van der Waals surface area contributed by atoms with Gasteiger partial charge in [0.25, 0.3) is 0 Å². The average molecular weight is 232 g/mol. The second-order valence-corrected chi connectivity index (χ2v) is 3.66. The maximum atomic E-state index is 5.87. The number of rotatable bonds is 2. The number of aromatic nitrogens is 2. The van der Waals surface area contributed by atoms with Crippen molar-refractivity contribution in [1.82, 2.24) is 9.97 Å². The molecule has 0 atom stereocenters. The summed E-state index contributed by atoms with van der Waals surface area (Å²) in [5.41, 5.74) is 7.26. The van der Waals surface area contributed by atoms with Gasteiger partial charge < -0.3 is 5.73 Å². The van der Waals surface area contributed by atoms with Crippen molar-refractivity contribution in [3.63, 3.8) is 0 Å². The number of hydrogen-bond acceptors (Lipinski definition) is 3. The summed E-state index contributed by atoms with van der Waals surface area (Å²) >= 11 is 5.87. The average Bonchev–Trinajstić information content (AvgIpc) is 2.27. The fourth-order valence-corrected chi connectivity index (χ4v) is 1.47. The highest BCUT2D eigenvalue weighted by Gasteiger charge is 1.92. The van der Waals surface area contributed by atoms with E-state index in [1.54, 1.807) is 12.3 Å². The van der Waals surface area contributed by atoms with Gasteiger partial charge in [0, 0.05) is 11.2 Å². The molecule has 0 amide bonds. The van der Waals surface area contributed by atoms with E-state index in [0.29, 0.717) is 5.02 Å². The minimum atomic E-state index is 0.272. The molecule has 4 heteroatoms. The minimum Gasteiger partial charge on any atom is -0.368 e. The smallest absolute Gasteiger partial charge is 0.220 e. The van der Waals surface area contributed by atoms with E-state index in [2.05, 4.69) is 9.97 Å². The Morgan fingerprint density at radius 2 is 2.06 bits per heavy atom. The number of nitrogens with two attached hydrogens (primary N) is 1. The highest BCUT2D eigenvalue weighted by Crippen LogP contribution is 2.13. The van der Waals surface area contributed by atoms with Crippen molar-refractivity contribution in [3.05, 3.63) is 52.8 Å². The maximum absolute atomic E-state index is 5.87. The zero-order chi connectivity index (χ0) is 11.4. The Hall–Kier alpha value is -1.87. The summed E-state index contributed by atoms with van der Waals surface area (Å²) in [6.45, 7) is 0. The third-order valence-corrected chi connectivity index (χ3v) is 2.23. The van der Waals surface area contributed by atoms with Crippen LogP contribution in [0, 0.1) is 0 Å². The van der Waals surface area contributed by atoms with Gasteiger partial charge >= 0.3 is 0 Å². The molecule has 0 saturated heterocycles. The Kier molecular flexibility index (Phi) is 3.17. The summed E-state index contributed by atoms with van der Waals surface area (Å²) in [5, 5.41) is 0.712. The van der Waals surface area contributed by atoms with Gasteiger partial charge in [0.05, 0.1) is 5.69 Å². The molecular formula is C12H10ClN3. The lowest BCUT2D eigenvalue weighted by atomic mass is 10.2. The third kappa shape index (κ3) is 2.81. The van der Waals surface area contributed by atoms with Crippen molar-refractivity contribution in [3.8, 4) is 0 Å². The van der Waals surface area contributed by atoms with Gasteiger partial charge in [0.1, 0.15) is 0 Å². The molecule has 0 bridgehead atoms. The normalized spacial score (nSPS) is 10.8. The quantitative estimate of drug-likeness (QED) is 0.865. The first kappa shape index (κ1) is 10.6. The molecule has 0 unspecified atom stereocenters. The molecule has 0 radical (unpaired) electrons. The van der Waals surface area contributed by atoms with Crippen LogP contribution in [0.2, 0.25) is 5.02 Å². The lowest BCUT2D eigenvalue weighted by molar-refractivity contribution is 1.17. The molecule has 0 saturated carbocycles. The van der Waals surface area contributed by atoms with E-state index >= 15 is 0 Å². The van der Waals surface area contributed by atoms with Crippen LogP contribution in [-0.4, -0.2) is 9.97 Å². The first-order valence-corrected chi connectivity index (χ1v) is 5.14. The summed E-state index contributed by atoms with van der Waals surface area (Å²) in [5.74, 6) is 0.272. The molecule has 2 N–H and O–H groups in total. The summed E-state index contributed by atoms with van der Waals surface area (Å²) in [4.78, 5) is 7.88. The predicted molar refractivity (Wildman–Crippen MR) is 66.8 cm³/mol. The molecule has 0 aliphatic heterocycles. The number of nitrogens with zero attached hydrogens (tertiary/aromatic N) is 2. The molecule has 2 rings (SSSR count).